The van der Waals surface area contributed by atoms with Gasteiger partial charge in [-0.1, -0.05) is 20.3 Å². The Balaban J connectivity index is 1.74. The van der Waals surface area contributed by atoms with Gasteiger partial charge in [0, 0.05) is 25.7 Å². The highest BCUT2D eigenvalue weighted by molar-refractivity contribution is 4.87. The van der Waals surface area contributed by atoms with Gasteiger partial charge in [-0.15, -0.1) is 0 Å². The van der Waals surface area contributed by atoms with Gasteiger partial charge in [0.25, 0.3) is 0 Å². The molecule has 0 bridgehead atoms. The fourth-order valence-corrected chi connectivity index (χ4v) is 2.96. The summed E-state index contributed by atoms with van der Waals surface area (Å²) in [6, 6.07) is 0.847. The van der Waals surface area contributed by atoms with Crippen LogP contribution >= 0.6 is 0 Å². The molecular formula is C15H30N2. The van der Waals surface area contributed by atoms with Gasteiger partial charge in [0.2, 0.25) is 0 Å². The third-order valence-electron chi connectivity index (χ3n) is 4.17. The van der Waals surface area contributed by atoms with Crippen LogP contribution in [0.4, 0.5) is 0 Å². The first-order chi connectivity index (χ1) is 8.11. The second kappa shape index (κ2) is 5.71. The highest BCUT2D eigenvalue weighted by Gasteiger charge is 2.30. The van der Waals surface area contributed by atoms with Crippen molar-refractivity contribution in [2.45, 2.75) is 58.4 Å². The molecule has 17 heavy (non-hydrogen) atoms. The van der Waals surface area contributed by atoms with Crippen molar-refractivity contribution in [2.75, 3.05) is 26.7 Å². The monoisotopic (exact) mass is 238 g/mol. The molecule has 0 aromatic rings. The van der Waals surface area contributed by atoms with Crippen molar-refractivity contribution in [3.05, 3.63) is 0 Å². The SMILES string of the molecule is CCCC(C)(CNC1CC1)CN(C)CC1CC1. The van der Waals surface area contributed by atoms with Crippen LogP contribution in [-0.4, -0.2) is 37.6 Å². The molecule has 0 spiro atoms. The van der Waals surface area contributed by atoms with E-state index in [0.29, 0.717) is 5.41 Å². The van der Waals surface area contributed by atoms with Crippen LogP contribution in [0.3, 0.4) is 0 Å². The molecule has 2 heteroatoms. The largest absolute Gasteiger partial charge is 0.313 e. The minimum absolute atomic E-state index is 0.473. The number of rotatable bonds is 9. The standard InChI is InChI=1S/C15H30N2/c1-4-9-15(2,11-16-14-7-8-14)12-17(3)10-13-5-6-13/h13-14,16H,4-12H2,1-3H3. The van der Waals surface area contributed by atoms with Gasteiger partial charge in [-0.05, 0) is 50.5 Å². The molecule has 1 unspecified atom stereocenters. The van der Waals surface area contributed by atoms with E-state index >= 15 is 0 Å². The normalized spacial score (nSPS) is 24.0. The van der Waals surface area contributed by atoms with Crippen LogP contribution in [0.25, 0.3) is 0 Å². The first-order valence-corrected chi connectivity index (χ1v) is 7.53. The molecule has 0 heterocycles. The predicted octanol–water partition coefficient (Wildman–Crippen LogP) is 2.89. The summed E-state index contributed by atoms with van der Waals surface area (Å²) in [5, 5.41) is 3.73. The maximum absolute atomic E-state index is 3.73. The van der Waals surface area contributed by atoms with Gasteiger partial charge in [-0.25, -0.2) is 0 Å². The summed E-state index contributed by atoms with van der Waals surface area (Å²) in [4.78, 5) is 2.57. The van der Waals surface area contributed by atoms with Crippen molar-refractivity contribution < 1.29 is 0 Å². The van der Waals surface area contributed by atoms with Crippen molar-refractivity contribution in [1.82, 2.24) is 10.2 Å². The zero-order chi connectivity index (χ0) is 12.3. The van der Waals surface area contributed by atoms with Crippen molar-refractivity contribution in [3.63, 3.8) is 0 Å². The highest BCUT2D eigenvalue weighted by atomic mass is 15.1. The summed E-state index contributed by atoms with van der Waals surface area (Å²) >= 11 is 0. The molecule has 2 aliphatic carbocycles. The van der Waals surface area contributed by atoms with Gasteiger partial charge < -0.3 is 10.2 Å². The number of nitrogens with zero attached hydrogens (tertiary/aromatic N) is 1. The molecule has 2 aliphatic rings. The van der Waals surface area contributed by atoms with Gasteiger partial charge in [-0.2, -0.15) is 0 Å². The summed E-state index contributed by atoms with van der Waals surface area (Å²) < 4.78 is 0. The molecule has 100 valence electrons. The minimum Gasteiger partial charge on any atom is -0.313 e. The molecule has 2 saturated carbocycles. The molecule has 0 aliphatic heterocycles. The Morgan fingerprint density at radius 3 is 2.47 bits per heavy atom. The van der Waals surface area contributed by atoms with E-state index in [4.69, 9.17) is 0 Å². The topological polar surface area (TPSA) is 15.3 Å². The number of hydrogen-bond acceptors (Lipinski definition) is 2. The molecule has 2 rings (SSSR count). The van der Waals surface area contributed by atoms with Crippen LogP contribution in [0.1, 0.15) is 52.4 Å². The summed E-state index contributed by atoms with van der Waals surface area (Å²) in [7, 11) is 2.31. The maximum atomic E-state index is 3.73. The Morgan fingerprint density at radius 2 is 1.94 bits per heavy atom. The molecule has 0 aromatic heterocycles. The van der Waals surface area contributed by atoms with Crippen LogP contribution < -0.4 is 5.32 Å². The van der Waals surface area contributed by atoms with Crippen LogP contribution in [0.2, 0.25) is 0 Å². The zero-order valence-corrected chi connectivity index (χ0v) is 12.0. The van der Waals surface area contributed by atoms with Crippen molar-refractivity contribution >= 4 is 0 Å². The Hall–Kier alpha value is -0.0800. The summed E-state index contributed by atoms with van der Waals surface area (Å²) in [5.74, 6) is 1.02. The van der Waals surface area contributed by atoms with E-state index < -0.39 is 0 Å². The lowest BCUT2D eigenvalue weighted by Gasteiger charge is -2.34. The van der Waals surface area contributed by atoms with Gasteiger partial charge in [0.1, 0.15) is 0 Å². The molecule has 0 saturated heterocycles. The fourth-order valence-electron chi connectivity index (χ4n) is 2.96. The lowest BCUT2D eigenvalue weighted by Crippen LogP contribution is -2.42. The fraction of sp³-hybridized carbons (Fsp3) is 1.00. The van der Waals surface area contributed by atoms with Crippen LogP contribution in [0.15, 0.2) is 0 Å². The third-order valence-corrected chi connectivity index (χ3v) is 4.17. The van der Waals surface area contributed by atoms with E-state index in [1.165, 1.54) is 58.2 Å². The molecular weight excluding hydrogens is 208 g/mol. The quantitative estimate of drug-likeness (QED) is 0.664. The van der Waals surface area contributed by atoms with Crippen molar-refractivity contribution in [2.24, 2.45) is 11.3 Å². The van der Waals surface area contributed by atoms with E-state index in [0.717, 1.165) is 12.0 Å². The lowest BCUT2D eigenvalue weighted by molar-refractivity contribution is 0.168. The van der Waals surface area contributed by atoms with Crippen molar-refractivity contribution in [1.29, 1.82) is 0 Å². The number of nitrogens with one attached hydrogen (secondary N) is 1. The molecule has 0 radical (unpaired) electrons. The van der Waals surface area contributed by atoms with E-state index in [1.54, 1.807) is 0 Å². The van der Waals surface area contributed by atoms with Gasteiger partial charge in [0.15, 0.2) is 0 Å². The highest BCUT2D eigenvalue weighted by Crippen LogP contribution is 2.31. The second-order valence-electron chi connectivity index (χ2n) is 6.86. The summed E-state index contributed by atoms with van der Waals surface area (Å²) in [6.07, 6.45) is 8.40. The molecule has 2 fully saturated rings. The average Bonchev–Trinajstić information content (AvgIpc) is 3.10. The van der Waals surface area contributed by atoms with Crippen LogP contribution in [-0.2, 0) is 0 Å². The Morgan fingerprint density at radius 1 is 1.24 bits per heavy atom. The van der Waals surface area contributed by atoms with Gasteiger partial charge in [-0.3, -0.25) is 0 Å². The Bertz CT molecular complexity index is 233. The average molecular weight is 238 g/mol. The van der Waals surface area contributed by atoms with Gasteiger partial charge >= 0.3 is 0 Å². The number of hydrogen-bond donors (Lipinski definition) is 1. The summed E-state index contributed by atoms with van der Waals surface area (Å²) in [5.41, 5.74) is 0.473. The van der Waals surface area contributed by atoms with Gasteiger partial charge in [0.05, 0.1) is 0 Å². The smallest absolute Gasteiger partial charge is 0.00684 e. The predicted molar refractivity (Wildman–Crippen MR) is 74.3 cm³/mol. The molecule has 0 aromatic carbocycles. The van der Waals surface area contributed by atoms with E-state index in [2.05, 4.69) is 31.1 Å². The third kappa shape index (κ3) is 4.97. The molecule has 2 nitrogen and oxygen atoms in total. The Labute approximate surface area is 107 Å². The first-order valence-electron chi connectivity index (χ1n) is 7.53. The van der Waals surface area contributed by atoms with Crippen molar-refractivity contribution in [3.8, 4) is 0 Å². The summed E-state index contributed by atoms with van der Waals surface area (Å²) in [6.45, 7) is 8.58. The van der Waals surface area contributed by atoms with E-state index in [9.17, 15) is 0 Å². The van der Waals surface area contributed by atoms with E-state index in [1.807, 2.05) is 0 Å². The molecule has 1 N–H and O–H groups in total. The van der Waals surface area contributed by atoms with Crippen LogP contribution in [0.5, 0.6) is 0 Å². The minimum atomic E-state index is 0.473. The first kappa shape index (κ1) is 13.4. The zero-order valence-electron chi connectivity index (χ0n) is 12.0. The van der Waals surface area contributed by atoms with Crippen LogP contribution in [0, 0.1) is 11.3 Å². The Kier molecular flexibility index (Phi) is 4.48. The molecule has 0 amide bonds. The maximum Gasteiger partial charge on any atom is 0.00684 e. The lowest BCUT2D eigenvalue weighted by atomic mass is 9.84. The van der Waals surface area contributed by atoms with E-state index in [-0.39, 0.29) is 0 Å². The second-order valence-corrected chi connectivity index (χ2v) is 6.86. The molecule has 1 atom stereocenters.